The first-order valence-electron chi connectivity index (χ1n) is 6.04. The van der Waals surface area contributed by atoms with Gasteiger partial charge in [0.15, 0.2) is 0 Å². The third-order valence-corrected chi connectivity index (χ3v) is 3.19. The summed E-state index contributed by atoms with van der Waals surface area (Å²) in [5.41, 5.74) is 0. The number of halogens is 15. The van der Waals surface area contributed by atoms with Crippen LogP contribution in [0, 0.1) is 0 Å². The van der Waals surface area contributed by atoms with Gasteiger partial charge in [-0.05, 0) is 0 Å². The van der Waals surface area contributed by atoms with E-state index in [4.69, 9.17) is 10.2 Å². The maximum Gasteiger partial charge on any atom is 0.407 e. The van der Waals surface area contributed by atoms with Gasteiger partial charge in [0.05, 0.1) is 0 Å². The van der Waals surface area contributed by atoms with Gasteiger partial charge in [-0.2, -0.15) is 61.5 Å². The highest BCUT2D eigenvalue weighted by molar-refractivity contribution is 5.77. The highest BCUT2D eigenvalue weighted by Gasteiger charge is 2.90. The van der Waals surface area contributed by atoms with Crippen molar-refractivity contribution in [1.29, 1.82) is 0 Å². The average molecular weight is 458 g/mol. The fourth-order valence-electron chi connectivity index (χ4n) is 1.42. The molecule has 1 unspecified atom stereocenters. The van der Waals surface area contributed by atoms with Crippen molar-refractivity contribution < 1.29 is 80.9 Å². The Kier molecular flexibility index (Phi) is 6.33. The Morgan fingerprint density at radius 1 is 0.679 bits per heavy atom. The van der Waals surface area contributed by atoms with Crippen LogP contribution in [0.15, 0.2) is 0 Å². The standard InChI is InChI=1S/C10H5F15O3/c11-2(5(14,15)7(18,19)3(27)28)6(16,17)9(22,23)10(24,25)8(20,21)4(12,13)1-26/h2,26H,1H2,(H,27,28). The second kappa shape index (κ2) is 6.72. The van der Waals surface area contributed by atoms with Crippen LogP contribution in [0.3, 0.4) is 0 Å². The van der Waals surface area contributed by atoms with Crippen molar-refractivity contribution in [1.82, 2.24) is 0 Å². The first-order valence-corrected chi connectivity index (χ1v) is 6.04. The molecule has 168 valence electrons. The average Bonchev–Trinajstić information content (AvgIpc) is 2.52. The molecule has 0 aliphatic heterocycles. The van der Waals surface area contributed by atoms with Crippen LogP contribution >= 0.6 is 0 Å². The van der Waals surface area contributed by atoms with Crippen LogP contribution < -0.4 is 0 Å². The molecule has 0 heterocycles. The second-order valence-corrected chi connectivity index (χ2v) is 5.07. The summed E-state index contributed by atoms with van der Waals surface area (Å²) in [5, 5.41) is 15.5. The van der Waals surface area contributed by atoms with Crippen molar-refractivity contribution in [3.63, 3.8) is 0 Å². The predicted octanol–water partition coefficient (Wildman–Crippen LogP) is 3.85. The quantitative estimate of drug-likeness (QED) is 0.517. The molecule has 0 aliphatic carbocycles. The smallest absolute Gasteiger partial charge is 0.407 e. The third kappa shape index (κ3) is 3.22. The molecule has 3 nitrogen and oxygen atoms in total. The Bertz CT molecular complexity index is 599. The van der Waals surface area contributed by atoms with E-state index in [0.29, 0.717) is 0 Å². The molecule has 0 bridgehead atoms. The molecule has 0 rings (SSSR count). The van der Waals surface area contributed by atoms with Gasteiger partial charge in [-0.15, -0.1) is 0 Å². The lowest BCUT2D eigenvalue weighted by atomic mass is 9.89. The molecule has 0 amide bonds. The van der Waals surface area contributed by atoms with E-state index in [1.807, 2.05) is 0 Å². The number of carboxylic acids is 1. The van der Waals surface area contributed by atoms with Gasteiger partial charge in [0.2, 0.25) is 6.17 Å². The zero-order chi connectivity index (χ0) is 23.4. The number of aliphatic carboxylic acids is 1. The number of rotatable bonds is 9. The zero-order valence-electron chi connectivity index (χ0n) is 12.3. The van der Waals surface area contributed by atoms with Gasteiger partial charge in [-0.25, -0.2) is 9.18 Å². The van der Waals surface area contributed by atoms with Crippen molar-refractivity contribution in [3.8, 4) is 0 Å². The highest BCUT2D eigenvalue weighted by Crippen LogP contribution is 2.59. The zero-order valence-corrected chi connectivity index (χ0v) is 12.3. The number of carboxylic acid groups (broad SMARTS) is 1. The monoisotopic (exact) mass is 458 g/mol. The van der Waals surface area contributed by atoms with Gasteiger partial charge in [0, 0.05) is 0 Å². The summed E-state index contributed by atoms with van der Waals surface area (Å²) in [6.45, 7) is -3.37. The lowest BCUT2D eigenvalue weighted by molar-refractivity contribution is -0.419. The normalized spacial score (nSPS) is 16.9. The molecule has 0 radical (unpaired) electrons. The fraction of sp³-hybridized carbons (Fsp3) is 0.900. The van der Waals surface area contributed by atoms with Gasteiger partial charge < -0.3 is 10.2 Å². The lowest BCUT2D eigenvalue weighted by Crippen LogP contribution is -2.72. The van der Waals surface area contributed by atoms with E-state index in [9.17, 15) is 70.7 Å². The molecule has 0 fully saturated rings. The molecule has 0 saturated carbocycles. The van der Waals surface area contributed by atoms with E-state index in [1.165, 1.54) is 0 Å². The van der Waals surface area contributed by atoms with Crippen molar-refractivity contribution >= 4 is 5.97 Å². The van der Waals surface area contributed by atoms with Crippen molar-refractivity contribution in [2.75, 3.05) is 6.61 Å². The fourth-order valence-corrected chi connectivity index (χ4v) is 1.42. The molecule has 0 spiro atoms. The molecule has 18 heteroatoms. The Balaban J connectivity index is 6.51. The summed E-state index contributed by atoms with van der Waals surface area (Å²) in [6, 6.07) is 0. The summed E-state index contributed by atoms with van der Waals surface area (Å²) in [5.74, 6) is -57.0. The molecule has 0 aliphatic rings. The SMILES string of the molecule is O=C(O)C(F)(F)C(F)(F)C(F)C(F)(F)C(F)(F)C(F)(F)C(F)(F)C(F)(F)CO. The number of hydrogen-bond donors (Lipinski definition) is 2. The van der Waals surface area contributed by atoms with Gasteiger partial charge in [0.1, 0.15) is 6.61 Å². The minimum Gasteiger partial charge on any atom is -0.477 e. The van der Waals surface area contributed by atoms with Crippen molar-refractivity contribution in [2.24, 2.45) is 0 Å². The van der Waals surface area contributed by atoms with E-state index in [1.54, 1.807) is 0 Å². The Morgan fingerprint density at radius 2 is 1.04 bits per heavy atom. The van der Waals surface area contributed by atoms with Crippen LogP contribution in [0.5, 0.6) is 0 Å². The van der Waals surface area contributed by atoms with Crippen molar-refractivity contribution in [3.05, 3.63) is 0 Å². The largest absolute Gasteiger partial charge is 0.477 e. The van der Waals surface area contributed by atoms with E-state index < -0.39 is 60.2 Å². The molecule has 0 saturated heterocycles. The Morgan fingerprint density at radius 3 is 1.32 bits per heavy atom. The molecular formula is C10H5F15O3. The summed E-state index contributed by atoms with van der Waals surface area (Å²) < 4.78 is 194. The summed E-state index contributed by atoms with van der Waals surface area (Å²) >= 11 is 0. The summed E-state index contributed by atoms with van der Waals surface area (Å²) in [4.78, 5) is 9.85. The maximum absolute atomic E-state index is 13.2. The van der Waals surface area contributed by atoms with Crippen LogP contribution in [-0.4, -0.2) is 70.4 Å². The van der Waals surface area contributed by atoms with E-state index in [0.717, 1.165) is 0 Å². The van der Waals surface area contributed by atoms with Gasteiger partial charge in [-0.3, -0.25) is 0 Å². The lowest BCUT2D eigenvalue weighted by Gasteiger charge is -2.41. The van der Waals surface area contributed by atoms with Crippen LogP contribution in [-0.2, 0) is 4.79 Å². The van der Waals surface area contributed by atoms with Gasteiger partial charge in [0.25, 0.3) is 0 Å². The molecule has 28 heavy (non-hydrogen) atoms. The van der Waals surface area contributed by atoms with Crippen LogP contribution in [0.1, 0.15) is 0 Å². The van der Waals surface area contributed by atoms with E-state index in [2.05, 4.69) is 0 Å². The van der Waals surface area contributed by atoms with Crippen LogP contribution in [0.2, 0.25) is 0 Å². The van der Waals surface area contributed by atoms with Crippen LogP contribution in [0.25, 0.3) is 0 Å². The topological polar surface area (TPSA) is 57.5 Å². The number of aliphatic hydroxyl groups excluding tert-OH is 1. The predicted molar refractivity (Wildman–Crippen MR) is 54.2 cm³/mol. The molecule has 0 aromatic heterocycles. The number of alkyl halides is 15. The Hall–Kier alpha value is -1.62. The van der Waals surface area contributed by atoms with E-state index >= 15 is 0 Å². The van der Waals surface area contributed by atoms with Crippen LogP contribution in [0.4, 0.5) is 65.9 Å². The summed E-state index contributed by atoms with van der Waals surface area (Å²) in [6.07, 6.45) is -6.58. The molecule has 0 aromatic rings. The van der Waals surface area contributed by atoms with E-state index in [-0.39, 0.29) is 0 Å². The van der Waals surface area contributed by atoms with Crippen molar-refractivity contribution in [2.45, 2.75) is 47.6 Å². The Labute approximate surface area is 142 Å². The first-order chi connectivity index (χ1) is 11.9. The molecule has 1 atom stereocenters. The number of carbonyl (C=O) groups is 1. The highest BCUT2D eigenvalue weighted by atomic mass is 19.4. The summed E-state index contributed by atoms with van der Waals surface area (Å²) in [7, 11) is 0. The molecule has 2 N–H and O–H groups in total. The van der Waals surface area contributed by atoms with Gasteiger partial charge in [-0.1, -0.05) is 0 Å². The first kappa shape index (κ1) is 26.4. The third-order valence-electron chi connectivity index (χ3n) is 3.19. The number of aliphatic hydroxyl groups is 1. The maximum atomic E-state index is 13.2. The minimum atomic E-state index is -8.22. The second-order valence-electron chi connectivity index (χ2n) is 5.07. The number of hydrogen-bond acceptors (Lipinski definition) is 2. The molecule has 0 aromatic carbocycles. The molecular weight excluding hydrogens is 453 g/mol. The van der Waals surface area contributed by atoms with Gasteiger partial charge >= 0.3 is 47.4 Å². The minimum absolute atomic E-state index is 3.37.